The zero-order valence-corrected chi connectivity index (χ0v) is 9.48. The van der Waals surface area contributed by atoms with E-state index in [-0.39, 0.29) is 24.6 Å². The number of carbonyl (C=O) groups is 2. The lowest BCUT2D eigenvalue weighted by atomic mass is 10.2. The Balaban J connectivity index is 2.71. The van der Waals surface area contributed by atoms with Crippen LogP contribution >= 0.6 is 0 Å². The summed E-state index contributed by atoms with van der Waals surface area (Å²) in [4.78, 5) is 23.5. The van der Waals surface area contributed by atoms with Crippen LogP contribution < -0.4 is 0 Å². The Morgan fingerprint density at radius 3 is 2.50 bits per heavy atom. The Kier molecular flexibility index (Phi) is 3.65. The molecule has 1 N–H and O–H groups in total. The third-order valence-electron chi connectivity index (χ3n) is 2.37. The van der Waals surface area contributed by atoms with E-state index in [1.807, 2.05) is 0 Å². The highest BCUT2D eigenvalue weighted by Crippen LogP contribution is 2.13. The Labute approximate surface area is 92.8 Å². The molecule has 1 aromatic rings. The van der Waals surface area contributed by atoms with E-state index in [0.29, 0.717) is 11.3 Å². The highest BCUT2D eigenvalue weighted by Gasteiger charge is 2.20. The summed E-state index contributed by atoms with van der Waals surface area (Å²) in [5, 5.41) is 12.2. The Morgan fingerprint density at radius 2 is 2.06 bits per heavy atom. The van der Waals surface area contributed by atoms with Crippen molar-refractivity contribution >= 4 is 11.9 Å². The van der Waals surface area contributed by atoms with Crippen LogP contribution in [0, 0.1) is 13.8 Å². The monoisotopic (exact) mass is 226 g/mol. The van der Waals surface area contributed by atoms with Crippen LogP contribution in [0.1, 0.15) is 28.2 Å². The van der Waals surface area contributed by atoms with E-state index in [2.05, 4.69) is 5.16 Å². The van der Waals surface area contributed by atoms with Gasteiger partial charge in [-0.3, -0.25) is 9.59 Å². The number of nitrogens with zero attached hydrogens (tertiary/aromatic N) is 2. The topological polar surface area (TPSA) is 83.6 Å². The summed E-state index contributed by atoms with van der Waals surface area (Å²) in [6.07, 6.45) is -0.0852. The van der Waals surface area contributed by atoms with E-state index in [1.54, 1.807) is 13.8 Å². The molecule has 0 spiro atoms. The van der Waals surface area contributed by atoms with E-state index in [1.165, 1.54) is 11.9 Å². The van der Waals surface area contributed by atoms with Crippen LogP contribution in [-0.2, 0) is 4.79 Å². The van der Waals surface area contributed by atoms with Crippen LogP contribution in [0.15, 0.2) is 4.52 Å². The summed E-state index contributed by atoms with van der Waals surface area (Å²) in [6.45, 7) is 3.61. The van der Waals surface area contributed by atoms with Crippen LogP contribution in [0.3, 0.4) is 0 Å². The van der Waals surface area contributed by atoms with E-state index >= 15 is 0 Å². The first kappa shape index (κ1) is 12.2. The number of rotatable bonds is 4. The maximum Gasteiger partial charge on any atom is 0.305 e. The normalized spacial score (nSPS) is 10.2. The third kappa shape index (κ3) is 2.59. The molecule has 0 fully saturated rings. The number of hydrogen-bond acceptors (Lipinski definition) is 4. The van der Waals surface area contributed by atoms with Gasteiger partial charge in [0.1, 0.15) is 5.76 Å². The van der Waals surface area contributed by atoms with E-state index in [0.717, 1.165) is 0 Å². The molecule has 0 aliphatic carbocycles. The zero-order chi connectivity index (χ0) is 12.3. The van der Waals surface area contributed by atoms with Gasteiger partial charge in [-0.05, 0) is 13.8 Å². The van der Waals surface area contributed by atoms with Crippen molar-refractivity contribution in [1.29, 1.82) is 0 Å². The van der Waals surface area contributed by atoms with Crippen LogP contribution in [-0.4, -0.2) is 40.6 Å². The number of aryl methyl sites for hydroxylation is 1. The van der Waals surface area contributed by atoms with Crippen molar-refractivity contribution in [2.45, 2.75) is 20.3 Å². The molecule has 1 amide bonds. The van der Waals surface area contributed by atoms with Crippen molar-refractivity contribution in [3.63, 3.8) is 0 Å². The Morgan fingerprint density at radius 1 is 1.44 bits per heavy atom. The molecular formula is C10H14N2O4. The fourth-order valence-corrected chi connectivity index (χ4v) is 1.16. The average Bonchev–Trinajstić information content (AvgIpc) is 2.55. The van der Waals surface area contributed by atoms with Crippen molar-refractivity contribution in [2.24, 2.45) is 0 Å². The SMILES string of the molecule is Cc1onc(C(=O)N(C)CCC(=O)O)c1C. The second-order valence-electron chi connectivity index (χ2n) is 3.58. The van der Waals surface area contributed by atoms with Crippen LogP contribution in [0.4, 0.5) is 0 Å². The molecule has 88 valence electrons. The minimum absolute atomic E-state index is 0.0852. The molecule has 1 heterocycles. The quantitative estimate of drug-likeness (QED) is 0.822. The van der Waals surface area contributed by atoms with Gasteiger partial charge in [-0.25, -0.2) is 0 Å². The van der Waals surface area contributed by atoms with Gasteiger partial charge >= 0.3 is 5.97 Å². The molecule has 0 bridgehead atoms. The lowest BCUT2D eigenvalue weighted by Crippen LogP contribution is -2.29. The Bertz CT molecular complexity index is 411. The molecular weight excluding hydrogens is 212 g/mol. The molecule has 6 heteroatoms. The summed E-state index contributed by atoms with van der Waals surface area (Å²) < 4.78 is 4.88. The maximum atomic E-state index is 11.8. The zero-order valence-electron chi connectivity index (χ0n) is 9.48. The highest BCUT2D eigenvalue weighted by atomic mass is 16.5. The van der Waals surface area contributed by atoms with Gasteiger partial charge in [0.05, 0.1) is 6.42 Å². The molecule has 0 saturated heterocycles. The lowest BCUT2D eigenvalue weighted by Gasteiger charge is -2.14. The van der Waals surface area contributed by atoms with E-state index < -0.39 is 5.97 Å². The molecule has 0 saturated carbocycles. The first-order chi connectivity index (χ1) is 7.43. The fourth-order valence-electron chi connectivity index (χ4n) is 1.16. The highest BCUT2D eigenvalue weighted by molar-refractivity contribution is 5.93. The molecule has 6 nitrogen and oxygen atoms in total. The number of amides is 1. The summed E-state index contributed by atoms with van der Waals surface area (Å²) in [5.74, 6) is -0.668. The average molecular weight is 226 g/mol. The fraction of sp³-hybridized carbons (Fsp3) is 0.500. The smallest absolute Gasteiger partial charge is 0.305 e. The lowest BCUT2D eigenvalue weighted by molar-refractivity contribution is -0.137. The second kappa shape index (κ2) is 4.78. The molecule has 0 unspecified atom stereocenters. The minimum Gasteiger partial charge on any atom is -0.481 e. The maximum absolute atomic E-state index is 11.8. The van der Waals surface area contributed by atoms with Crippen molar-refractivity contribution in [1.82, 2.24) is 10.1 Å². The summed E-state index contributed by atoms with van der Waals surface area (Å²) in [5.41, 5.74) is 0.928. The van der Waals surface area contributed by atoms with Gasteiger partial charge in [-0.2, -0.15) is 0 Å². The molecule has 0 radical (unpaired) electrons. The summed E-state index contributed by atoms with van der Waals surface area (Å²) >= 11 is 0. The van der Waals surface area contributed by atoms with Gasteiger partial charge < -0.3 is 14.5 Å². The van der Waals surface area contributed by atoms with Gasteiger partial charge in [0, 0.05) is 19.2 Å². The standard InChI is InChI=1S/C10H14N2O4/c1-6-7(2)16-11-9(6)10(15)12(3)5-4-8(13)14/h4-5H2,1-3H3,(H,13,14). The predicted octanol–water partition coefficient (Wildman–Crippen LogP) is 0.838. The molecule has 1 rings (SSSR count). The van der Waals surface area contributed by atoms with Gasteiger partial charge in [-0.15, -0.1) is 0 Å². The molecule has 16 heavy (non-hydrogen) atoms. The predicted molar refractivity (Wildman–Crippen MR) is 55.2 cm³/mol. The third-order valence-corrected chi connectivity index (χ3v) is 2.37. The number of carboxylic acid groups (broad SMARTS) is 1. The van der Waals surface area contributed by atoms with Crippen LogP contribution in [0.25, 0.3) is 0 Å². The van der Waals surface area contributed by atoms with Crippen molar-refractivity contribution in [3.05, 3.63) is 17.0 Å². The minimum atomic E-state index is -0.937. The molecule has 0 aromatic carbocycles. The summed E-state index contributed by atoms with van der Waals surface area (Å²) in [6, 6.07) is 0. The van der Waals surface area contributed by atoms with Crippen LogP contribution in [0.2, 0.25) is 0 Å². The van der Waals surface area contributed by atoms with Gasteiger partial charge in [0.25, 0.3) is 5.91 Å². The number of carbonyl (C=O) groups excluding carboxylic acids is 1. The van der Waals surface area contributed by atoms with Crippen molar-refractivity contribution < 1.29 is 19.2 Å². The number of carboxylic acids is 1. The molecule has 1 aromatic heterocycles. The molecule has 0 atom stereocenters. The first-order valence-electron chi connectivity index (χ1n) is 4.83. The number of hydrogen-bond donors (Lipinski definition) is 1. The van der Waals surface area contributed by atoms with Crippen molar-refractivity contribution in [2.75, 3.05) is 13.6 Å². The number of aromatic nitrogens is 1. The molecule has 0 aliphatic rings. The van der Waals surface area contributed by atoms with Gasteiger partial charge in [-0.1, -0.05) is 5.16 Å². The largest absolute Gasteiger partial charge is 0.481 e. The first-order valence-corrected chi connectivity index (χ1v) is 4.83. The molecule has 0 aliphatic heterocycles. The van der Waals surface area contributed by atoms with E-state index in [4.69, 9.17) is 9.63 Å². The second-order valence-corrected chi connectivity index (χ2v) is 3.58. The van der Waals surface area contributed by atoms with Gasteiger partial charge in [0.2, 0.25) is 0 Å². The number of aliphatic carboxylic acids is 1. The Hall–Kier alpha value is -1.85. The summed E-state index contributed by atoms with van der Waals surface area (Å²) in [7, 11) is 1.54. The van der Waals surface area contributed by atoms with E-state index in [9.17, 15) is 9.59 Å². The van der Waals surface area contributed by atoms with Crippen LogP contribution in [0.5, 0.6) is 0 Å². The van der Waals surface area contributed by atoms with Gasteiger partial charge in [0.15, 0.2) is 5.69 Å². The van der Waals surface area contributed by atoms with Crippen molar-refractivity contribution in [3.8, 4) is 0 Å².